The number of fused-ring (bicyclic) bond motifs is 1. The van der Waals surface area contributed by atoms with E-state index in [4.69, 9.17) is 23.2 Å². The van der Waals surface area contributed by atoms with Crippen LogP contribution in [0.2, 0.25) is 10.0 Å². The van der Waals surface area contributed by atoms with Crippen LogP contribution < -0.4 is 5.32 Å². The standard InChI is InChI=1S/C18H17Cl2N5O2S/c1-10(26)24-6-4-11(5-7-24)16(27)21-17-22-18-25(23-17)15(9-28-18)13-8-12(19)2-3-14(13)20/h2-3,8-9,11H,4-7H2,1H3,(H,21,23,27). The van der Waals surface area contributed by atoms with Gasteiger partial charge in [-0.3, -0.25) is 14.9 Å². The third-order valence-electron chi connectivity index (χ3n) is 4.83. The van der Waals surface area contributed by atoms with Gasteiger partial charge in [-0.1, -0.05) is 23.2 Å². The van der Waals surface area contributed by atoms with Crippen LogP contribution in [0.3, 0.4) is 0 Å². The number of thiazole rings is 1. The van der Waals surface area contributed by atoms with Crippen molar-refractivity contribution in [3.63, 3.8) is 0 Å². The van der Waals surface area contributed by atoms with Gasteiger partial charge >= 0.3 is 0 Å². The van der Waals surface area contributed by atoms with Gasteiger partial charge in [-0.15, -0.1) is 16.4 Å². The molecule has 0 bridgehead atoms. The Morgan fingerprint density at radius 2 is 2.00 bits per heavy atom. The second-order valence-corrected chi connectivity index (χ2v) is 8.32. The normalized spacial score (nSPS) is 15.2. The molecule has 1 aliphatic rings. The van der Waals surface area contributed by atoms with Crippen LogP contribution in [0.15, 0.2) is 23.6 Å². The lowest BCUT2D eigenvalue weighted by molar-refractivity contribution is -0.132. The molecule has 0 atom stereocenters. The van der Waals surface area contributed by atoms with E-state index in [2.05, 4.69) is 15.4 Å². The van der Waals surface area contributed by atoms with E-state index in [9.17, 15) is 9.59 Å². The first kappa shape index (κ1) is 19.2. The summed E-state index contributed by atoms with van der Waals surface area (Å²) < 4.78 is 1.65. The molecule has 0 saturated carbocycles. The summed E-state index contributed by atoms with van der Waals surface area (Å²) in [6.07, 6.45) is 1.27. The molecule has 0 unspecified atom stereocenters. The van der Waals surface area contributed by atoms with Crippen LogP contribution in [-0.4, -0.2) is 44.4 Å². The SMILES string of the molecule is CC(=O)N1CCC(C(=O)Nc2nc3scc(-c4cc(Cl)ccc4Cl)n3n2)CC1. The topological polar surface area (TPSA) is 79.6 Å². The van der Waals surface area contributed by atoms with Crippen molar-refractivity contribution in [3.05, 3.63) is 33.6 Å². The van der Waals surface area contributed by atoms with Crippen molar-refractivity contribution >= 4 is 57.3 Å². The van der Waals surface area contributed by atoms with Crippen LogP contribution in [-0.2, 0) is 9.59 Å². The number of benzene rings is 1. The summed E-state index contributed by atoms with van der Waals surface area (Å²) in [7, 11) is 0. The average Bonchev–Trinajstić information content (AvgIpc) is 3.24. The molecule has 1 saturated heterocycles. The maximum absolute atomic E-state index is 12.6. The second-order valence-electron chi connectivity index (χ2n) is 6.64. The van der Waals surface area contributed by atoms with Gasteiger partial charge < -0.3 is 4.90 Å². The third-order valence-corrected chi connectivity index (χ3v) is 6.21. The van der Waals surface area contributed by atoms with Crippen molar-refractivity contribution in [1.82, 2.24) is 19.5 Å². The number of piperidine rings is 1. The molecular weight excluding hydrogens is 421 g/mol. The zero-order chi connectivity index (χ0) is 19.8. The Kier molecular flexibility index (Phi) is 5.27. The van der Waals surface area contributed by atoms with Crippen LogP contribution in [0.1, 0.15) is 19.8 Å². The van der Waals surface area contributed by atoms with Crippen molar-refractivity contribution in [3.8, 4) is 11.3 Å². The van der Waals surface area contributed by atoms with Crippen molar-refractivity contribution in [2.75, 3.05) is 18.4 Å². The summed E-state index contributed by atoms with van der Waals surface area (Å²) in [5, 5.41) is 10.2. The molecule has 0 spiro atoms. The first-order valence-electron chi connectivity index (χ1n) is 8.78. The number of hydrogen-bond acceptors (Lipinski definition) is 5. The molecule has 0 radical (unpaired) electrons. The molecule has 1 N–H and O–H groups in total. The molecule has 7 nitrogen and oxygen atoms in total. The maximum atomic E-state index is 12.6. The number of rotatable bonds is 3. The zero-order valence-electron chi connectivity index (χ0n) is 15.0. The quantitative estimate of drug-likeness (QED) is 0.672. The summed E-state index contributed by atoms with van der Waals surface area (Å²) in [4.78, 5) is 30.8. The predicted octanol–water partition coefficient (Wildman–Crippen LogP) is 3.96. The molecule has 146 valence electrons. The van der Waals surface area contributed by atoms with Gasteiger partial charge in [-0.05, 0) is 31.0 Å². The lowest BCUT2D eigenvalue weighted by Crippen LogP contribution is -2.40. The van der Waals surface area contributed by atoms with E-state index >= 15 is 0 Å². The molecule has 2 aromatic heterocycles. The molecule has 28 heavy (non-hydrogen) atoms. The van der Waals surface area contributed by atoms with Crippen LogP contribution in [0.5, 0.6) is 0 Å². The summed E-state index contributed by atoms with van der Waals surface area (Å²) in [6.45, 7) is 2.74. The molecule has 1 aliphatic heterocycles. The minimum atomic E-state index is -0.154. The number of hydrogen-bond donors (Lipinski definition) is 1. The fraction of sp³-hybridized carbons (Fsp3) is 0.333. The molecule has 0 aliphatic carbocycles. The van der Waals surface area contributed by atoms with Gasteiger partial charge in [0.25, 0.3) is 0 Å². The second kappa shape index (κ2) is 7.69. The highest BCUT2D eigenvalue weighted by Gasteiger charge is 2.27. The summed E-state index contributed by atoms with van der Waals surface area (Å²) >= 11 is 13.8. The predicted molar refractivity (Wildman–Crippen MR) is 110 cm³/mol. The van der Waals surface area contributed by atoms with Gasteiger partial charge in [0.05, 0.1) is 10.7 Å². The summed E-state index contributed by atoms with van der Waals surface area (Å²) in [5.74, 6) is 0.0232. The highest BCUT2D eigenvalue weighted by atomic mass is 35.5. The summed E-state index contributed by atoms with van der Waals surface area (Å²) in [6, 6.07) is 5.23. The Hall–Kier alpha value is -2.16. The van der Waals surface area contributed by atoms with Crippen LogP contribution in [0, 0.1) is 5.92 Å². The molecule has 10 heteroatoms. The number of halogens is 2. The first-order valence-corrected chi connectivity index (χ1v) is 10.4. The van der Waals surface area contributed by atoms with Gasteiger partial charge in [-0.2, -0.15) is 4.98 Å². The Morgan fingerprint density at radius 1 is 1.25 bits per heavy atom. The van der Waals surface area contributed by atoms with Gasteiger partial charge in [0.1, 0.15) is 0 Å². The molecular formula is C18H17Cl2N5O2S. The fourth-order valence-electron chi connectivity index (χ4n) is 3.28. The Morgan fingerprint density at radius 3 is 2.71 bits per heavy atom. The highest BCUT2D eigenvalue weighted by Crippen LogP contribution is 2.33. The van der Waals surface area contributed by atoms with E-state index in [0.717, 1.165) is 11.3 Å². The maximum Gasteiger partial charge on any atom is 0.250 e. The van der Waals surface area contributed by atoms with Crippen LogP contribution >= 0.6 is 34.5 Å². The smallest absolute Gasteiger partial charge is 0.250 e. The Bertz CT molecular complexity index is 1060. The van der Waals surface area contributed by atoms with Gasteiger partial charge in [0.15, 0.2) is 0 Å². The number of amides is 2. The number of carbonyl (C=O) groups is 2. The minimum absolute atomic E-state index is 0.0436. The monoisotopic (exact) mass is 437 g/mol. The summed E-state index contributed by atoms with van der Waals surface area (Å²) in [5.41, 5.74) is 1.51. The van der Waals surface area contributed by atoms with Crippen molar-refractivity contribution in [1.29, 1.82) is 0 Å². The fourth-order valence-corrected chi connectivity index (χ4v) is 4.49. The highest BCUT2D eigenvalue weighted by molar-refractivity contribution is 7.15. The van der Waals surface area contributed by atoms with Gasteiger partial charge in [0.2, 0.25) is 22.7 Å². The zero-order valence-corrected chi connectivity index (χ0v) is 17.3. The van der Waals surface area contributed by atoms with E-state index in [-0.39, 0.29) is 23.7 Å². The van der Waals surface area contributed by atoms with Gasteiger partial charge in [-0.25, -0.2) is 4.52 Å². The Balaban J connectivity index is 1.52. The molecule has 2 amide bonds. The molecule has 3 heterocycles. The number of aromatic nitrogens is 3. The van der Waals surface area contributed by atoms with Crippen molar-refractivity contribution < 1.29 is 9.59 Å². The average molecular weight is 438 g/mol. The number of nitrogens with zero attached hydrogens (tertiary/aromatic N) is 4. The molecule has 3 aromatic rings. The molecule has 1 aromatic carbocycles. The van der Waals surface area contributed by atoms with Gasteiger partial charge in [0, 0.05) is 41.9 Å². The number of likely N-dealkylation sites (tertiary alicyclic amines) is 1. The number of nitrogens with one attached hydrogen (secondary N) is 1. The van der Waals surface area contributed by atoms with Crippen molar-refractivity contribution in [2.24, 2.45) is 5.92 Å². The molecule has 4 rings (SSSR count). The van der Waals surface area contributed by atoms with E-state index < -0.39 is 0 Å². The number of anilines is 1. The lowest BCUT2D eigenvalue weighted by Gasteiger charge is -2.30. The lowest BCUT2D eigenvalue weighted by atomic mass is 9.96. The van der Waals surface area contributed by atoms with E-state index in [1.54, 1.807) is 34.5 Å². The largest absolute Gasteiger partial charge is 0.343 e. The minimum Gasteiger partial charge on any atom is -0.343 e. The van der Waals surface area contributed by atoms with E-state index in [1.807, 2.05) is 5.38 Å². The van der Waals surface area contributed by atoms with Crippen LogP contribution in [0.4, 0.5) is 5.95 Å². The first-order chi connectivity index (χ1) is 13.4. The van der Waals surface area contributed by atoms with Crippen LogP contribution in [0.25, 0.3) is 16.2 Å². The number of carbonyl (C=O) groups excluding carboxylic acids is 2. The van der Waals surface area contributed by atoms with E-state index in [0.29, 0.717) is 40.9 Å². The van der Waals surface area contributed by atoms with Crippen molar-refractivity contribution in [2.45, 2.75) is 19.8 Å². The third kappa shape index (κ3) is 3.72. The Labute approximate surface area is 175 Å². The molecule has 1 fully saturated rings. The van der Waals surface area contributed by atoms with E-state index in [1.165, 1.54) is 11.3 Å².